The normalized spacial score (nSPS) is 13.4. The zero-order chi connectivity index (χ0) is 36.4. The smallest absolute Gasteiger partial charge is 0.310 e. The Labute approximate surface area is 300 Å². The number of aliphatic carboxylic acids is 1. The molecule has 0 aromatic rings. The molecule has 0 fully saturated rings. The summed E-state index contributed by atoms with van der Waals surface area (Å²) in [6, 6.07) is -0.736. The average molecular weight is 692 g/mol. The number of carboxylic acids is 1. The van der Waals surface area contributed by atoms with E-state index >= 15 is 0 Å². The summed E-state index contributed by atoms with van der Waals surface area (Å²) in [7, 11) is 5.37. The van der Waals surface area contributed by atoms with Crippen LogP contribution in [-0.4, -0.2) is 75.5 Å². The van der Waals surface area contributed by atoms with Crippen molar-refractivity contribution >= 4 is 17.9 Å². The first kappa shape index (κ1) is 46.5. The molecule has 0 rings (SSSR count). The van der Waals surface area contributed by atoms with Gasteiger partial charge in [-0.25, -0.2) is 0 Å². The quantitative estimate of drug-likeness (QED) is 0.0288. The number of carbonyl (C=O) groups is 3. The summed E-state index contributed by atoms with van der Waals surface area (Å²) in [5, 5.41) is 11.6. The SMILES string of the molecule is CC/C=C/C/C=C/C/C=C/CC(=O)OC(COCCC(C(=O)[O-])[N+](C)(C)C)COC(=O)CCCCCCCCCCCCCCCCCC. The third kappa shape index (κ3) is 31.3. The molecule has 0 heterocycles. The number of hydrogen-bond acceptors (Lipinski definition) is 7. The molecule has 0 bridgehead atoms. The summed E-state index contributed by atoms with van der Waals surface area (Å²) in [6.07, 6.45) is 35.0. The number of carbonyl (C=O) groups excluding carboxylic acids is 3. The number of esters is 2. The molecular weight excluding hydrogens is 618 g/mol. The molecule has 0 spiro atoms. The van der Waals surface area contributed by atoms with E-state index in [1.54, 1.807) is 27.2 Å². The van der Waals surface area contributed by atoms with Gasteiger partial charge < -0.3 is 28.6 Å². The second-order valence-electron chi connectivity index (χ2n) is 14.2. The number of quaternary nitrogens is 1. The van der Waals surface area contributed by atoms with Gasteiger partial charge in [0.15, 0.2) is 6.10 Å². The molecule has 0 amide bonds. The molecule has 0 radical (unpaired) electrons. The molecule has 0 saturated heterocycles. The Kier molecular flexibility index (Phi) is 31.1. The van der Waals surface area contributed by atoms with Crippen molar-refractivity contribution in [1.29, 1.82) is 0 Å². The molecule has 2 atom stereocenters. The number of rotatable bonds is 34. The second-order valence-corrected chi connectivity index (χ2v) is 14.2. The lowest BCUT2D eigenvalue weighted by atomic mass is 10.0. The largest absolute Gasteiger partial charge is 0.544 e. The van der Waals surface area contributed by atoms with Gasteiger partial charge in [-0.2, -0.15) is 0 Å². The minimum atomic E-state index is -1.14. The minimum absolute atomic E-state index is 0.00665. The number of ether oxygens (including phenoxy) is 3. The van der Waals surface area contributed by atoms with E-state index in [-0.39, 0.29) is 43.1 Å². The first-order valence-corrected chi connectivity index (χ1v) is 19.5. The lowest BCUT2D eigenvalue weighted by Gasteiger charge is -2.34. The van der Waals surface area contributed by atoms with Gasteiger partial charge in [0, 0.05) is 12.8 Å². The molecule has 284 valence electrons. The topological polar surface area (TPSA) is 102 Å². The maximum absolute atomic E-state index is 12.5. The Bertz CT molecular complexity index is 906. The van der Waals surface area contributed by atoms with E-state index in [2.05, 4.69) is 32.1 Å². The Balaban J connectivity index is 4.38. The Morgan fingerprint density at radius 2 is 1.12 bits per heavy atom. The third-order valence-electron chi connectivity index (χ3n) is 8.57. The molecule has 0 saturated carbocycles. The van der Waals surface area contributed by atoms with Gasteiger partial charge in [0.25, 0.3) is 0 Å². The van der Waals surface area contributed by atoms with Crippen LogP contribution in [-0.2, 0) is 28.6 Å². The minimum Gasteiger partial charge on any atom is -0.544 e. The number of allylic oxidation sites excluding steroid dienone is 5. The molecule has 8 nitrogen and oxygen atoms in total. The molecule has 0 aliphatic rings. The summed E-state index contributed by atoms with van der Waals surface area (Å²) in [5.41, 5.74) is 0. The van der Waals surface area contributed by atoms with Crippen molar-refractivity contribution in [1.82, 2.24) is 0 Å². The van der Waals surface area contributed by atoms with E-state index < -0.39 is 24.1 Å². The fraction of sp³-hybridized carbons (Fsp3) is 0.780. The molecule has 8 heteroatoms. The third-order valence-corrected chi connectivity index (χ3v) is 8.57. The molecule has 0 aliphatic heterocycles. The molecule has 49 heavy (non-hydrogen) atoms. The van der Waals surface area contributed by atoms with Crippen LogP contribution in [0.2, 0.25) is 0 Å². The molecule has 2 unspecified atom stereocenters. The van der Waals surface area contributed by atoms with Gasteiger partial charge in [-0.3, -0.25) is 9.59 Å². The van der Waals surface area contributed by atoms with Gasteiger partial charge in [0.05, 0.1) is 46.7 Å². The Hall–Kier alpha value is -2.45. The number of likely N-dealkylation sites (N-methyl/N-ethyl adjacent to an activating group) is 1. The summed E-state index contributed by atoms with van der Waals surface area (Å²) in [4.78, 5) is 36.5. The number of unbranched alkanes of at least 4 members (excludes halogenated alkanes) is 15. The van der Waals surface area contributed by atoms with Crippen LogP contribution in [0.5, 0.6) is 0 Å². The highest BCUT2D eigenvalue weighted by Gasteiger charge is 2.25. The molecule has 0 N–H and O–H groups in total. The predicted octanol–water partition coefficient (Wildman–Crippen LogP) is 8.57. The lowest BCUT2D eigenvalue weighted by molar-refractivity contribution is -0.889. The first-order chi connectivity index (χ1) is 23.6. The van der Waals surface area contributed by atoms with Crippen LogP contribution in [0.3, 0.4) is 0 Å². The number of hydrogen-bond donors (Lipinski definition) is 0. The monoisotopic (exact) mass is 692 g/mol. The number of nitrogens with zero attached hydrogens (tertiary/aromatic N) is 1. The van der Waals surface area contributed by atoms with E-state index in [1.165, 1.54) is 83.5 Å². The highest BCUT2D eigenvalue weighted by Crippen LogP contribution is 2.14. The van der Waals surface area contributed by atoms with Crippen molar-refractivity contribution in [2.24, 2.45) is 0 Å². The van der Waals surface area contributed by atoms with Gasteiger partial charge >= 0.3 is 11.9 Å². The van der Waals surface area contributed by atoms with Crippen LogP contribution in [0.25, 0.3) is 0 Å². The standard InChI is InChI=1S/C41H73NO7/c1-6-8-10-12-14-16-17-18-19-20-21-22-24-25-27-29-31-39(43)48-36-37(35-47-34-33-38(41(45)46)42(3,4)5)49-40(44)32-30-28-26-23-15-13-11-9-7-2/h9,11,15,23,28,30,37-38H,6-8,10,12-14,16-22,24-27,29,31-36H2,1-5H3/b11-9+,23-15+,30-28+. The van der Waals surface area contributed by atoms with Gasteiger partial charge in [-0.1, -0.05) is 147 Å². The van der Waals surface area contributed by atoms with Gasteiger partial charge in [-0.15, -0.1) is 0 Å². The fourth-order valence-electron chi connectivity index (χ4n) is 5.55. The fourth-order valence-corrected chi connectivity index (χ4v) is 5.55. The van der Waals surface area contributed by atoms with E-state index in [4.69, 9.17) is 14.2 Å². The van der Waals surface area contributed by atoms with Crippen LogP contribution < -0.4 is 5.11 Å². The van der Waals surface area contributed by atoms with Gasteiger partial charge in [0.1, 0.15) is 12.6 Å². The summed E-state index contributed by atoms with van der Waals surface area (Å²) >= 11 is 0. The summed E-state index contributed by atoms with van der Waals surface area (Å²) < 4.78 is 16.9. The lowest BCUT2D eigenvalue weighted by Crippen LogP contribution is -2.55. The Morgan fingerprint density at radius 1 is 0.633 bits per heavy atom. The average Bonchev–Trinajstić information content (AvgIpc) is 3.05. The zero-order valence-corrected chi connectivity index (χ0v) is 32.1. The van der Waals surface area contributed by atoms with Crippen LogP contribution in [0.4, 0.5) is 0 Å². The number of carboxylic acid groups (broad SMARTS) is 1. The molecular formula is C41H73NO7. The van der Waals surface area contributed by atoms with Crippen molar-refractivity contribution in [3.63, 3.8) is 0 Å². The van der Waals surface area contributed by atoms with E-state index in [1.807, 2.05) is 12.2 Å². The van der Waals surface area contributed by atoms with Crippen LogP contribution in [0.15, 0.2) is 36.5 Å². The Morgan fingerprint density at radius 3 is 1.61 bits per heavy atom. The maximum Gasteiger partial charge on any atom is 0.310 e. The first-order valence-electron chi connectivity index (χ1n) is 19.5. The summed E-state index contributed by atoms with van der Waals surface area (Å²) in [6.45, 7) is 4.42. The van der Waals surface area contributed by atoms with Gasteiger partial charge in [0.2, 0.25) is 0 Å². The second kappa shape index (κ2) is 32.7. The van der Waals surface area contributed by atoms with Gasteiger partial charge in [-0.05, 0) is 25.7 Å². The zero-order valence-electron chi connectivity index (χ0n) is 32.1. The van der Waals surface area contributed by atoms with Crippen molar-refractivity contribution in [3.8, 4) is 0 Å². The highest BCUT2D eigenvalue weighted by atomic mass is 16.6. The van der Waals surface area contributed by atoms with Crippen LogP contribution in [0, 0.1) is 0 Å². The molecule has 0 aromatic carbocycles. The van der Waals surface area contributed by atoms with Crippen molar-refractivity contribution in [2.45, 2.75) is 167 Å². The van der Waals surface area contributed by atoms with E-state index in [0.717, 1.165) is 38.5 Å². The molecule has 0 aliphatic carbocycles. The van der Waals surface area contributed by atoms with Crippen LogP contribution in [0.1, 0.15) is 155 Å². The highest BCUT2D eigenvalue weighted by molar-refractivity contribution is 5.71. The van der Waals surface area contributed by atoms with E-state index in [9.17, 15) is 19.5 Å². The van der Waals surface area contributed by atoms with Crippen LogP contribution >= 0.6 is 0 Å². The van der Waals surface area contributed by atoms with E-state index in [0.29, 0.717) is 6.42 Å². The molecule has 0 aromatic heterocycles. The van der Waals surface area contributed by atoms with Crippen molar-refractivity contribution < 1.29 is 38.2 Å². The predicted molar refractivity (Wildman–Crippen MR) is 199 cm³/mol. The van der Waals surface area contributed by atoms with Crippen molar-refractivity contribution in [2.75, 3.05) is 41.0 Å². The summed E-state index contributed by atoms with van der Waals surface area (Å²) in [5.74, 6) is -1.89. The maximum atomic E-state index is 12.5. The van der Waals surface area contributed by atoms with Crippen molar-refractivity contribution in [3.05, 3.63) is 36.5 Å².